The predicted molar refractivity (Wildman–Crippen MR) is 82.1 cm³/mol. The Bertz CT molecular complexity index is 189. The molecule has 2 nitrogen and oxygen atoms in total. The molecule has 0 rings (SSSR count). The fourth-order valence-electron chi connectivity index (χ4n) is 1.94. The molecular weight excluding hydrogens is 228 g/mol. The van der Waals surface area contributed by atoms with E-state index in [2.05, 4.69) is 58.1 Å². The maximum Gasteiger partial charge on any atom is 0.0183 e. The molecule has 0 saturated heterocycles. The van der Waals surface area contributed by atoms with Gasteiger partial charge in [-0.1, -0.05) is 6.92 Å². The normalized spacial score (nSPS) is 16.2. The predicted octanol–water partition coefficient (Wildman–Crippen LogP) is 3.23. The fourth-order valence-corrected chi connectivity index (χ4v) is 2.79. The summed E-state index contributed by atoms with van der Waals surface area (Å²) in [5.74, 6) is 1.24. The molecule has 0 fully saturated rings. The van der Waals surface area contributed by atoms with Crippen LogP contribution in [0.5, 0.6) is 0 Å². The molecule has 0 aliphatic heterocycles. The van der Waals surface area contributed by atoms with Gasteiger partial charge in [0.2, 0.25) is 0 Å². The van der Waals surface area contributed by atoms with Gasteiger partial charge in [-0.2, -0.15) is 11.8 Å². The van der Waals surface area contributed by atoms with E-state index in [1.165, 1.54) is 18.6 Å². The minimum Gasteiger partial charge on any atom is -0.312 e. The summed E-state index contributed by atoms with van der Waals surface area (Å²) in [6, 6.07) is 1.37. The molecule has 3 heteroatoms. The van der Waals surface area contributed by atoms with Gasteiger partial charge in [-0.3, -0.25) is 4.90 Å². The number of nitrogens with zero attached hydrogens (tertiary/aromatic N) is 1. The quantitative estimate of drug-likeness (QED) is 0.721. The topological polar surface area (TPSA) is 15.3 Å². The Morgan fingerprint density at radius 2 is 1.88 bits per heavy atom. The first-order chi connectivity index (χ1) is 7.81. The standard InChI is InChI=1S/C14H32N2S/c1-8-13(11-17-7)16(6)12(2)9-10-15-14(3,4)5/h12-13,15H,8-11H2,1-7H3. The highest BCUT2D eigenvalue weighted by Gasteiger charge is 2.18. The van der Waals surface area contributed by atoms with Crippen molar-refractivity contribution in [1.82, 2.24) is 10.2 Å². The van der Waals surface area contributed by atoms with Crippen molar-refractivity contribution in [3.8, 4) is 0 Å². The Labute approximate surface area is 113 Å². The summed E-state index contributed by atoms with van der Waals surface area (Å²) in [7, 11) is 2.27. The molecule has 0 bridgehead atoms. The molecule has 2 atom stereocenters. The van der Waals surface area contributed by atoms with Crippen molar-refractivity contribution in [3.63, 3.8) is 0 Å². The smallest absolute Gasteiger partial charge is 0.0183 e. The summed E-state index contributed by atoms with van der Waals surface area (Å²) in [6.45, 7) is 12.4. The van der Waals surface area contributed by atoms with Crippen LogP contribution < -0.4 is 5.32 Å². The van der Waals surface area contributed by atoms with Gasteiger partial charge in [0.05, 0.1) is 0 Å². The van der Waals surface area contributed by atoms with Crippen molar-refractivity contribution < 1.29 is 0 Å². The molecule has 0 aromatic heterocycles. The second-order valence-electron chi connectivity index (χ2n) is 6.00. The van der Waals surface area contributed by atoms with Crippen molar-refractivity contribution in [2.24, 2.45) is 0 Å². The largest absolute Gasteiger partial charge is 0.312 e. The second-order valence-corrected chi connectivity index (χ2v) is 6.91. The zero-order valence-corrected chi connectivity index (χ0v) is 13.7. The Balaban J connectivity index is 3.99. The van der Waals surface area contributed by atoms with E-state index in [4.69, 9.17) is 0 Å². The van der Waals surface area contributed by atoms with Crippen LogP contribution in [0.15, 0.2) is 0 Å². The minimum absolute atomic E-state index is 0.238. The minimum atomic E-state index is 0.238. The first-order valence-electron chi connectivity index (χ1n) is 6.77. The SMILES string of the molecule is CCC(CSC)N(C)C(C)CCNC(C)(C)C. The first kappa shape index (κ1) is 17.3. The van der Waals surface area contributed by atoms with Gasteiger partial charge < -0.3 is 5.32 Å². The van der Waals surface area contributed by atoms with Gasteiger partial charge in [0.1, 0.15) is 0 Å². The molecule has 0 saturated carbocycles. The molecule has 0 spiro atoms. The van der Waals surface area contributed by atoms with Crippen molar-refractivity contribution >= 4 is 11.8 Å². The Morgan fingerprint density at radius 3 is 2.29 bits per heavy atom. The number of hydrogen-bond acceptors (Lipinski definition) is 3. The molecule has 0 aliphatic carbocycles. The molecule has 17 heavy (non-hydrogen) atoms. The molecule has 0 amide bonds. The van der Waals surface area contributed by atoms with Crippen LogP contribution in [0, 0.1) is 0 Å². The molecule has 104 valence electrons. The van der Waals surface area contributed by atoms with Crippen LogP contribution in [0.2, 0.25) is 0 Å². The molecule has 0 heterocycles. The monoisotopic (exact) mass is 260 g/mol. The Morgan fingerprint density at radius 1 is 1.29 bits per heavy atom. The van der Waals surface area contributed by atoms with Crippen LogP contribution in [0.1, 0.15) is 47.5 Å². The fraction of sp³-hybridized carbons (Fsp3) is 1.00. The van der Waals surface area contributed by atoms with Gasteiger partial charge in [0.25, 0.3) is 0 Å². The van der Waals surface area contributed by atoms with Crippen LogP contribution in [-0.2, 0) is 0 Å². The summed E-state index contributed by atoms with van der Waals surface area (Å²) in [5.41, 5.74) is 0.238. The van der Waals surface area contributed by atoms with Crippen LogP contribution in [-0.4, -0.2) is 48.1 Å². The maximum absolute atomic E-state index is 3.56. The Kier molecular flexibility index (Phi) is 8.52. The van der Waals surface area contributed by atoms with Crippen LogP contribution in [0.25, 0.3) is 0 Å². The van der Waals surface area contributed by atoms with Gasteiger partial charge in [-0.05, 0) is 60.4 Å². The van der Waals surface area contributed by atoms with Crippen molar-refractivity contribution in [3.05, 3.63) is 0 Å². The van der Waals surface area contributed by atoms with Gasteiger partial charge >= 0.3 is 0 Å². The lowest BCUT2D eigenvalue weighted by Gasteiger charge is -2.33. The highest BCUT2D eigenvalue weighted by atomic mass is 32.2. The highest BCUT2D eigenvalue weighted by molar-refractivity contribution is 7.98. The summed E-state index contributed by atoms with van der Waals surface area (Å²) in [5, 5.41) is 3.56. The molecule has 1 N–H and O–H groups in total. The van der Waals surface area contributed by atoms with E-state index < -0.39 is 0 Å². The number of nitrogens with one attached hydrogen (secondary N) is 1. The maximum atomic E-state index is 3.56. The lowest BCUT2D eigenvalue weighted by atomic mass is 10.1. The third kappa shape index (κ3) is 8.06. The van der Waals surface area contributed by atoms with Crippen LogP contribution >= 0.6 is 11.8 Å². The van der Waals surface area contributed by atoms with Crippen LogP contribution in [0.4, 0.5) is 0 Å². The van der Waals surface area contributed by atoms with E-state index in [0.29, 0.717) is 6.04 Å². The van der Waals surface area contributed by atoms with Gasteiger partial charge in [0.15, 0.2) is 0 Å². The zero-order valence-electron chi connectivity index (χ0n) is 12.8. The lowest BCUT2D eigenvalue weighted by molar-refractivity contribution is 0.183. The zero-order chi connectivity index (χ0) is 13.5. The first-order valence-corrected chi connectivity index (χ1v) is 8.17. The van der Waals surface area contributed by atoms with Crippen molar-refractivity contribution in [1.29, 1.82) is 0 Å². The lowest BCUT2D eigenvalue weighted by Crippen LogP contribution is -2.43. The van der Waals surface area contributed by atoms with E-state index in [-0.39, 0.29) is 5.54 Å². The second kappa shape index (κ2) is 8.39. The molecule has 2 unspecified atom stereocenters. The highest BCUT2D eigenvalue weighted by Crippen LogP contribution is 2.13. The molecule has 0 aromatic rings. The summed E-state index contributed by atoms with van der Waals surface area (Å²) >= 11 is 1.95. The average molecular weight is 260 g/mol. The summed E-state index contributed by atoms with van der Waals surface area (Å²) < 4.78 is 0. The van der Waals surface area contributed by atoms with Crippen LogP contribution in [0.3, 0.4) is 0 Å². The molecule has 0 aromatic carbocycles. The molecule has 0 radical (unpaired) electrons. The van der Waals surface area contributed by atoms with E-state index in [1.807, 2.05) is 11.8 Å². The van der Waals surface area contributed by atoms with E-state index >= 15 is 0 Å². The summed E-state index contributed by atoms with van der Waals surface area (Å²) in [6.07, 6.45) is 4.66. The number of hydrogen-bond donors (Lipinski definition) is 1. The molecule has 0 aliphatic rings. The number of rotatable bonds is 8. The van der Waals surface area contributed by atoms with Crippen molar-refractivity contribution in [2.75, 3.05) is 25.6 Å². The van der Waals surface area contributed by atoms with E-state index in [9.17, 15) is 0 Å². The third-order valence-electron chi connectivity index (χ3n) is 3.32. The molecular formula is C14H32N2S. The van der Waals surface area contributed by atoms with Gasteiger partial charge in [-0.25, -0.2) is 0 Å². The Hall–Kier alpha value is 0.270. The average Bonchev–Trinajstić information content (AvgIpc) is 2.23. The van der Waals surface area contributed by atoms with Gasteiger partial charge in [-0.15, -0.1) is 0 Å². The van der Waals surface area contributed by atoms with Gasteiger partial charge in [0, 0.05) is 23.4 Å². The third-order valence-corrected chi connectivity index (χ3v) is 4.04. The number of thioether (sulfide) groups is 1. The summed E-state index contributed by atoms with van der Waals surface area (Å²) in [4.78, 5) is 2.54. The van der Waals surface area contributed by atoms with Crippen molar-refractivity contribution in [2.45, 2.75) is 65.1 Å². The van der Waals surface area contributed by atoms with E-state index in [0.717, 1.165) is 12.6 Å². The van der Waals surface area contributed by atoms with E-state index in [1.54, 1.807) is 0 Å².